The summed E-state index contributed by atoms with van der Waals surface area (Å²) in [6, 6.07) is 0.411. The zero-order valence-corrected chi connectivity index (χ0v) is 12.0. The van der Waals surface area contributed by atoms with Crippen LogP contribution in [-0.2, 0) is 4.79 Å². The van der Waals surface area contributed by atoms with Crippen molar-refractivity contribution < 1.29 is 9.90 Å². The van der Waals surface area contributed by atoms with Crippen LogP contribution in [0.1, 0.15) is 32.7 Å². The number of thioether (sulfide) groups is 1. The van der Waals surface area contributed by atoms with Crippen LogP contribution >= 0.6 is 11.8 Å². The van der Waals surface area contributed by atoms with Crippen LogP contribution in [0.3, 0.4) is 0 Å². The topological polar surface area (TPSA) is 92.9 Å². The molecule has 2 N–H and O–H groups in total. The average Bonchev–Trinajstić information content (AvgIpc) is 3.13. The predicted octanol–water partition coefficient (Wildman–Crippen LogP) is 0.235. The Morgan fingerprint density at radius 3 is 2.95 bits per heavy atom. The molecule has 106 valence electrons. The number of tetrazole rings is 1. The number of aromatic nitrogens is 4. The van der Waals surface area contributed by atoms with Gasteiger partial charge in [0, 0.05) is 18.6 Å². The van der Waals surface area contributed by atoms with E-state index >= 15 is 0 Å². The minimum atomic E-state index is -0.296. The third-order valence-corrected chi connectivity index (χ3v) is 3.81. The van der Waals surface area contributed by atoms with E-state index in [1.807, 2.05) is 13.8 Å². The molecule has 1 saturated carbocycles. The summed E-state index contributed by atoms with van der Waals surface area (Å²) >= 11 is 1.34. The molecule has 1 amide bonds. The van der Waals surface area contributed by atoms with E-state index in [0.717, 1.165) is 12.8 Å². The van der Waals surface area contributed by atoms with Gasteiger partial charge in [-0.2, -0.15) is 0 Å². The number of carbonyl (C=O) groups is 1. The van der Waals surface area contributed by atoms with Crippen molar-refractivity contribution >= 4 is 17.7 Å². The summed E-state index contributed by atoms with van der Waals surface area (Å²) in [4.78, 5) is 11.7. The molecule has 0 aliphatic heterocycles. The van der Waals surface area contributed by atoms with Crippen molar-refractivity contribution in [2.75, 3.05) is 18.9 Å². The van der Waals surface area contributed by atoms with E-state index in [9.17, 15) is 4.79 Å². The molecule has 0 aromatic carbocycles. The minimum Gasteiger partial charge on any atom is -0.396 e. The van der Waals surface area contributed by atoms with Crippen LogP contribution in [0, 0.1) is 5.41 Å². The fourth-order valence-corrected chi connectivity index (χ4v) is 2.18. The summed E-state index contributed by atoms with van der Waals surface area (Å²) in [5, 5.41) is 24.1. The maximum atomic E-state index is 11.7. The number of amides is 1. The first-order valence-corrected chi connectivity index (χ1v) is 7.28. The van der Waals surface area contributed by atoms with Crippen molar-refractivity contribution in [3.8, 4) is 0 Å². The van der Waals surface area contributed by atoms with E-state index in [0.29, 0.717) is 17.7 Å². The van der Waals surface area contributed by atoms with Crippen LogP contribution in [0.4, 0.5) is 0 Å². The fourth-order valence-electron chi connectivity index (χ4n) is 1.40. The molecule has 1 fully saturated rings. The second-order valence-electron chi connectivity index (χ2n) is 5.52. The third-order valence-electron chi connectivity index (χ3n) is 2.88. The van der Waals surface area contributed by atoms with E-state index in [-0.39, 0.29) is 23.7 Å². The Morgan fingerprint density at radius 2 is 2.32 bits per heavy atom. The van der Waals surface area contributed by atoms with E-state index in [2.05, 4.69) is 20.8 Å². The van der Waals surface area contributed by atoms with Gasteiger partial charge in [-0.25, -0.2) is 4.68 Å². The Kier molecular flexibility index (Phi) is 4.41. The van der Waals surface area contributed by atoms with Crippen molar-refractivity contribution in [3.63, 3.8) is 0 Å². The highest BCUT2D eigenvalue weighted by atomic mass is 32.2. The quantitative estimate of drug-likeness (QED) is 0.697. The summed E-state index contributed by atoms with van der Waals surface area (Å²) < 4.78 is 1.79. The van der Waals surface area contributed by atoms with Crippen molar-refractivity contribution in [1.82, 2.24) is 25.5 Å². The highest BCUT2D eigenvalue weighted by Crippen LogP contribution is 2.36. The van der Waals surface area contributed by atoms with Crippen LogP contribution in [0.25, 0.3) is 0 Å². The molecule has 0 atom stereocenters. The highest BCUT2D eigenvalue weighted by Gasteiger charge is 2.28. The Labute approximate surface area is 116 Å². The number of aliphatic hydroxyl groups is 1. The van der Waals surface area contributed by atoms with Gasteiger partial charge in [-0.15, -0.1) is 5.10 Å². The highest BCUT2D eigenvalue weighted by molar-refractivity contribution is 7.99. The van der Waals surface area contributed by atoms with Crippen LogP contribution < -0.4 is 5.32 Å². The zero-order valence-electron chi connectivity index (χ0n) is 11.2. The molecule has 0 spiro atoms. The normalized spacial score (nSPS) is 15.5. The summed E-state index contributed by atoms with van der Waals surface area (Å²) in [7, 11) is 0. The predicted molar refractivity (Wildman–Crippen MR) is 70.7 cm³/mol. The lowest BCUT2D eigenvalue weighted by atomic mass is 9.95. The zero-order chi connectivity index (χ0) is 13.9. The van der Waals surface area contributed by atoms with Crippen LogP contribution in [0.15, 0.2) is 5.16 Å². The molecule has 1 aliphatic carbocycles. The van der Waals surface area contributed by atoms with Gasteiger partial charge in [0.2, 0.25) is 11.1 Å². The Bertz CT molecular complexity index is 444. The van der Waals surface area contributed by atoms with Gasteiger partial charge in [0.05, 0.1) is 11.8 Å². The lowest BCUT2D eigenvalue weighted by Gasteiger charge is -2.21. The van der Waals surface area contributed by atoms with Gasteiger partial charge >= 0.3 is 0 Å². The molecule has 0 unspecified atom stereocenters. The molecular formula is C11H19N5O2S. The summed E-state index contributed by atoms with van der Waals surface area (Å²) in [5.74, 6) is 0.214. The molecule has 2 rings (SSSR count). The number of nitrogens with zero attached hydrogens (tertiary/aromatic N) is 4. The Hall–Kier alpha value is -1.15. The lowest BCUT2D eigenvalue weighted by Crippen LogP contribution is -2.36. The lowest BCUT2D eigenvalue weighted by molar-refractivity contribution is -0.119. The van der Waals surface area contributed by atoms with Gasteiger partial charge in [0.1, 0.15) is 0 Å². The van der Waals surface area contributed by atoms with Gasteiger partial charge in [0.25, 0.3) is 0 Å². The van der Waals surface area contributed by atoms with Crippen molar-refractivity contribution in [1.29, 1.82) is 0 Å². The average molecular weight is 285 g/mol. The van der Waals surface area contributed by atoms with Crippen molar-refractivity contribution in [2.45, 2.75) is 37.9 Å². The molecule has 19 heavy (non-hydrogen) atoms. The number of nitrogens with one attached hydrogen (secondary N) is 1. The monoisotopic (exact) mass is 285 g/mol. The first-order chi connectivity index (χ1) is 9.02. The summed E-state index contributed by atoms with van der Waals surface area (Å²) in [6.07, 6.45) is 2.21. The second kappa shape index (κ2) is 5.87. The minimum absolute atomic E-state index is 0.0420. The van der Waals surface area contributed by atoms with Crippen molar-refractivity contribution in [3.05, 3.63) is 0 Å². The first-order valence-electron chi connectivity index (χ1n) is 6.30. The molecule has 0 saturated heterocycles. The molecule has 0 radical (unpaired) electrons. The molecule has 1 heterocycles. The first kappa shape index (κ1) is 14.3. The fraction of sp³-hybridized carbons (Fsp3) is 0.818. The maximum absolute atomic E-state index is 11.7. The largest absolute Gasteiger partial charge is 0.396 e. The second-order valence-corrected chi connectivity index (χ2v) is 6.47. The van der Waals surface area contributed by atoms with Crippen LogP contribution in [-0.4, -0.2) is 50.1 Å². The molecule has 8 heteroatoms. The van der Waals surface area contributed by atoms with Crippen LogP contribution in [0.2, 0.25) is 0 Å². The van der Waals surface area contributed by atoms with Gasteiger partial charge in [-0.1, -0.05) is 25.6 Å². The number of aliphatic hydroxyl groups excluding tert-OH is 1. The number of hydrogen-bond acceptors (Lipinski definition) is 6. The third kappa shape index (κ3) is 4.17. The SMILES string of the molecule is CC(C)(CO)CNC(=O)CSc1nnnn1C1CC1. The number of rotatable bonds is 7. The van der Waals surface area contributed by atoms with E-state index in [4.69, 9.17) is 5.11 Å². The summed E-state index contributed by atoms with van der Waals surface area (Å²) in [6.45, 7) is 4.29. The Balaban J connectivity index is 1.75. The van der Waals surface area contributed by atoms with Gasteiger partial charge in [-0.05, 0) is 23.3 Å². The smallest absolute Gasteiger partial charge is 0.230 e. The molecule has 1 aromatic rings. The van der Waals surface area contributed by atoms with E-state index < -0.39 is 0 Å². The van der Waals surface area contributed by atoms with Crippen molar-refractivity contribution in [2.24, 2.45) is 5.41 Å². The molecule has 0 bridgehead atoms. The van der Waals surface area contributed by atoms with Gasteiger partial charge in [0.15, 0.2) is 0 Å². The molecular weight excluding hydrogens is 266 g/mol. The molecule has 1 aromatic heterocycles. The number of hydrogen-bond donors (Lipinski definition) is 2. The van der Waals surface area contributed by atoms with Crippen LogP contribution in [0.5, 0.6) is 0 Å². The van der Waals surface area contributed by atoms with Gasteiger partial charge < -0.3 is 10.4 Å². The summed E-state index contributed by atoms with van der Waals surface area (Å²) in [5.41, 5.74) is -0.296. The van der Waals surface area contributed by atoms with E-state index in [1.54, 1.807) is 4.68 Å². The standard InChI is InChI=1S/C11H19N5O2S/c1-11(2,7-17)6-12-9(18)5-19-10-13-14-15-16(10)8-3-4-8/h8,17H,3-7H2,1-2H3,(H,12,18). The van der Waals surface area contributed by atoms with E-state index in [1.165, 1.54) is 11.8 Å². The maximum Gasteiger partial charge on any atom is 0.230 e. The Morgan fingerprint density at radius 1 is 1.58 bits per heavy atom. The van der Waals surface area contributed by atoms with Gasteiger partial charge in [-0.3, -0.25) is 4.79 Å². The number of carbonyl (C=O) groups excluding carboxylic acids is 1. The molecule has 7 nitrogen and oxygen atoms in total. The molecule has 1 aliphatic rings.